The van der Waals surface area contributed by atoms with Crippen LogP contribution in [0.3, 0.4) is 0 Å². The molecular formula is C10H16N4O2S2. The number of hydrogen-bond acceptors (Lipinski definition) is 4. The molecule has 100 valence electrons. The van der Waals surface area contributed by atoms with Crippen molar-refractivity contribution < 1.29 is 8.42 Å². The fourth-order valence-electron chi connectivity index (χ4n) is 1.33. The van der Waals surface area contributed by atoms with E-state index in [0.29, 0.717) is 22.8 Å². The maximum Gasteiger partial charge on any atom is 0.250 e. The molecule has 4 N–H and O–H groups in total. The van der Waals surface area contributed by atoms with Gasteiger partial charge in [0.2, 0.25) is 10.0 Å². The molecule has 0 unspecified atom stereocenters. The second-order valence-electron chi connectivity index (χ2n) is 4.02. The standard InChI is InChI=1S/C10H16N4O2S2/c11-10(14-8-3-4-8)12-5-6-13-18(15,16)9-2-1-7-17-9/h1-2,7-8,13H,3-6H2,(H3,11,12,14). The van der Waals surface area contributed by atoms with Crippen molar-refractivity contribution in [2.45, 2.75) is 23.1 Å². The van der Waals surface area contributed by atoms with E-state index in [1.807, 2.05) is 0 Å². The monoisotopic (exact) mass is 288 g/mol. The molecule has 0 saturated heterocycles. The fourth-order valence-corrected chi connectivity index (χ4v) is 3.38. The predicted molar refractivity (Wildman–Crippen MR) is 72.2 cm³/mol. The van der Waals surface area contributed by atoms with Crippen molar-refractivity contribution in [3.63, 3.8) is 0 Å². The van der Waals surface area contributed by atoms with E-state index >= 15 is 0 Å². The molecule has 0 spiro atoms. The van der Waals surface area contributed by atoms with Crippen molar-refractivity contribution in [3.05, 3.63) is 17.5 Å². The van der Waals surface area contributed by atoms with Gasteiger partial charge in [0.25, 0.3) is 0 Å². The first-order valence-corrected chi connectivity index (χ1v) is 8.04. The van der Waals surface area contributed by atoms with Crippen molar-refractivity contribution in [3.8, 4) is 0 Å². The number of nitrogens with one attached hydrogen (secondary N) is 2. The summed E-state index contributed by atoms with van der Waals surface area (Å²) in [5.41, 5.74) is 5.62. The molecule has 6 nitrogen and oxygen atoms in total. The normalized spacial score (nSPS) is 16.8. The Morgan fingerprint density at radius 1 is 1.56 bits per heavy atom. The minimum absolute atomic E-state index is 0.243. The maximum absolute atomic E-state index is 11.7. The van der Waals surface area contributed by atoms with Gasteiger partial charge in [0.15, 0.2) is 5.96 Å². The summed E-state index contributed by atoms with van der Waals surface area (Å²) in [5.74, 6) is 0.382. The molecule has 0 bridgehead atoms. The van der Waals surface area contributed by atoms with Gasteiger partial charge in [-0.15, -0.1) is 11.3 Å². The lowest BCUT2D eigenvalue weighted by Crippen LogP contribution is -2.34. The molecule has 1 heterocycles. The molecule has 18 heavy (non-hydrogen) atoms. The SMILES string of the molecule is NC(=NCCNS(=O)(=O)c1cccs1)NC1CC1. The van der Waals surface area contributed by atoms with Crippen molar-refractivity contribution in [2.75, 3.05) is 13.1 Å². The van der Waals surface area contributed by atoms with Crippen LogP contribution in [0.5, 0.6) is 0 Å². The molecule has 2 rings (SSSR count). The predicted octanol–water partition coefficient (Wildman–Crippen LogP) is 0.0931. The van der Waals surface area contributed by atoms with Crippen LogP contribution in [0.2, 0.25) is 0 Å². The lowest BCUT2D eigenvalue weighted by molar-refractivity contribution is 0.584. The van der Waals surface area contributed by atoms with Gasteiger partial charge >= 0.3 is 0 Å². The van der Waals surface area contributed by atoms with Crippen LogP contribution in [-0.2, 0) is 10.0 Å². The first-order valence-electron chi connectivity index (χ1n) is 5.67. The van der Waals surface area contributed by atoms with E-state index in [1.165, 1.54) is 11.3 Å². The third kappa shape index (κ3) is 3.97. The second-order valence-corrected chi connectivity index (χ2v) is 6.96. The molecule has 1 fully saturated rings. The van der Waals surface area contributed by atoms with Crippen LogP contribution in [0.1, 0.15) is 12.8 Å². The van der Waals surface area contributed by atoms with E-state index in [0.717, 1.165) is 12.8 Å². The van der Waals surface area contributed by atoms with Crippen molar-refractivity contribution in [2.24, 2.45) is 10.7 Å². The van der Waals surface area contributed by atoms with Gasteiger partial charge in [-0.2, -0.15) is 0 Å². The number of aliphatic imine (C=N–C) groups is 1. The van der Waals surface area contributed by atoms with E-state index in [1.54, 1.807) is 17.5 Å². The minimum Gasteiger partial charge on any atom is -0.370 e. The molecule has 0 amide bonds. The average molecular weight is 288 g/mol. The van der Waals surface area contributed by atoms with Crippen molar-refractivity contribution in [1.29, 1.82) is 0 Å². The Kier molecular flexibility index (Phi) is 4.20. The lowest BCUT2D eigenvalue weighted by Gasteiger charge is -2.04. The molecule has 0 atom stereocenters. The summed E-state index contributed by atoms with van der Waals surface area (Å²) in [6.45, 7) is 0.573. The zero-order chi connectivity index (χ0) is 13.0. The van der Waals surface area contributed by atoms with Crippen LogP contribution in [0.4, 0.5) is 0 Å². The fraction of sp³-hybridized carbons (Fsp3) is 0.500. The van der Waals surface area contributed by atoms with Crippen molar-refractivity contribution in [1.82, 2.24) is 10.0 Å². The third-order valence-electron chi connectivity index (χ3n) is 2.38. The Bertz CT molecular complexity index is 506. The number of nitrogens with zero attached hydrogens (tertiary/aromatic N) is 1. The van der Waals surface area contributed by atoms with E-state index < -0.39 is 10.0 Å². The number of guanidine groups is 1. The first kappa shape index (κ1) is 13.3. The van der Waals surface area contributed by atoms with Gasteiger partial charge in [0, 0.05) is 12.6 Å². The number of rotatable bonds is 6. The Labute approximate surface area is 110 Å². The maximum atomic E-state index is 11.7. The topological polar surface area (TPSA) is 96.6 Å². The summed E-state index contributed by atoms with van der Waals surface area (Å²) in [5, 5.41) is 4.76. The summed E-state index contributed by atoms with van der Waals surface area (Å²) in [6, 6.07) is 3.73. The second kappa shape index (κ2) is 5.68. The van der Waals surface area contributed by atoms with Crippen LogP contribution < -0.4 is 15.8 Å². The number of sulfonamides is 1. The summed E-state index contributed by atoms with van der Waals surface area (Å²) in [6.07, 6.45) is 2.25. The van der Waals surface area contributed by atoms with E-state index in [-0.39, 0.29) is 6.54 Å². The van der Waals surface area contributed by atoms with Gasteiger partial charge in [-0.25, -0.2) is 13.1 Å². The van der Waals surface area contributed by atoms with E-state index in [4.69, 9.17) is 5.73 Å². The smallest absolute Gasteiger partial charge is 0.250 e. The highest BCUT2D eigenvalue weighted by atomic mass is 32.2. The van der Waals surface area contributed by atoms with E-state index in [9.17, 15) is 8.42 Å². The molecule has 0 aliphatic heterocycles. The lowest BCUT2D eigenvalue weighted by atomic mass is 10.6. The van der Waals surface area contributed by atoms with Gasteiger partial charge in [0.05, 0.1) is 6.54 Å². The molecule has 1 aromatic rings. The molecule has 0 aromatic carbocycles. The van der Waals surface area contributed by atoms with Crippen LogP contribution in [0, 0.1) is 0 Å². The van der Waals surface area contributed by atoms with Crippen LogP contribution >= 0.6 is 11.3 Å². The average Bonchev–Trinajstić information content (AvgIpc) is 2.96. The summed E-state index contributed by atoms with van der Waals surface area (Å²) >= 11 is 1.19. The molecule has 1 saturated carbocycles. The van der Waals surface area contributed by atoms with Gasteiger partial charge in [0.1, 0.15) is 4.21 Å². The summed E-state index contributed by atoms with van der Waals surface area (Å²) in [7, 11) is -3.39. The molecule has 1 aliphatic rings. The van der Waals surface area contributed by atoms with Gasteiger partial charge in [-0.3, -0.25) is 4.99 Å². The van der Waals surface area contributed by atoms with Crippen molar-refractivity contribution >= 4 is 27.3 Å². The Morgan fingerprint density at radius 3 is 2.94 bits per heavy atom. The van der Waals surface area contributed by atoms with Crippen LogP contribution in [0.15, 0.2) is 26.7 Å². The zero-order valence-electron chi connectivity index (χ0n) is 9.80. The number of thiophene rings is 1. The Balaban J connectivity index is 1.74. The highest BCUT2D eigenvalue weighted by Crippen LogP contribution is 2.18. The largest absolute Gasteiger partial charge is 0.370 e. The zero-order valence-corrected chi connectivity index (χ0v) is 11.4. The molecule has 0 radical (unpaired) electrons. The summed E-state index contributed by atoms with van der Waals surface area (Å²) < 4.78 is 26.3. The highest BCUT2D eigenvalue weighted by Gasteiger charge is 2.21. The molecule has 1 aromatic heterocycles. The minimum atomic E-state index is -3.39. The Morgan fingerprint density at radius 2 is 2.33 bits per heavy atom. The van der Waals surface area contributed by atoms with E-state index in [2.05, 4.69) is 15.0 Å². The number of nitrogens with two attached hydrogens (primary N) is 1. The molecular weight excluding hydrogens is 272 g/mol. The molecule has 1 aliphatic carbocycles. The quantitative estimate of drug-likeness (QED) is 0.393. The Hall–Kier alpha value is -1.12. The highest BCUT2D eigenvalue weighted by molar-refractivity contribution is 7.91. The van der Waals surface area contributed by atoms with Gasteiger partial charge in [-0.1, -0.05) is 6.07 Å². The van der Waals surface area contributed by atoms with Gasteiger partial charge in [-0.05, 0) is 24.3 Å². The van der Waals surface area contributed by atoms with Crippen LogP contribution in [-0.4, -0.2) is 33.5 Å². The first-order chi connectivity index (χ1) is 8.58. The molecule has 8 heteroatoms. The van der Waals surface area contributed by atoms with Crippen LogP contribution in [0.25, 0.3) is 0 Å². The van der Waals surface area contributed by atoms with Gasteiger partial charge < -0.3 is 11.1 Å². The number of hydrogen-bond donors (Lipinski definition) is 3. The summed E-state index contributed by atoms with van der Waals surface area (Å²) in [4.78, 5) is 4.05. The third-order valence-corrected chi connectivity index (χ3v) is 5.23.